The second-order valence-corrected chi connectivity index (χ2v) is 15.1. The summed E-state index contributed by atoms with van der Waals surface area (Å²) in [6, 6.07) is 0. The molecule has 0 saturated carbocycles. The molecule has 0 bridgehead atoms. The minimum atomic E-state index is -4.61. The summed E-state index contributed by atoms with van der Waals surface area (Å²) in [5.41, 5.74) is 0. The zero-order valence-corrected chi connectivity index (χ0v) is 33.2. The van der Waals surface area contributed by atoms with E-state index in [0.717, 1.165) is 57.8 Å². The van der Waals surface area contributed by atoms with Gasteiger partial charge in [0.25, 0.3) is 0 Å². The maximum Gasteiger partial charge on any atom is 0.472 e. The fourth-order valence-corrected chi connectivity index (χ4v) is 6.17. The molecule has 0 rings (SSSR count). The summed E-state index contributed by atoms with van der Waals surface area (Å²) in [7, 11) is -4.61. The van der Waals surface area contributed by atoms with Crippen LogP contribution >= 0.6 is 7.82 Å². The van der Waals surface area contributed by atoms with Gasteiger partial charge in [0.2, 0.25) is 0 Å². The SMILES string of the molecule is CCCC/C=C/CCCCCCCC(=O)OC[C@H](COP(=O)(O)OC[C@@H](O)CO)OC(=O)CCCCCCCCCCC/C=C/CCCCCC. The first-order chi connectivity index (χ1) is 24.7. The minimum absolute atomic E-state index is 0.182. The Kier molecular flexibility index (Phi) is 35.7. The average Bonchev–Trinajstić information content (AvgIpc) is 3.12. The molecule has 0 heterocycles. The Bertz CT molecular complexity index is 910. The highest BCUT2D eigenvalue weighted by Crippen LogP contribution is 2.43. The van der Waals surface area contributed by atoms with Gasteiger partial charge in [-0.1, -0.05) is 134 Å². The average molecular weight is 747 g/mol. The molecule has 0 spiro atoms. The number of hydrogen-bond acceptors (Lipinski definition) is 9. The van der Waals surface area contributed by atoms with E-state index in [1.165, 1.54) is 83.5 Å². The molecule has 0 amide bonds. The normalized spacial score (nSPS) is 14.2. The smallest absolute Gasteiger partial charge is 0.462 e. The van der Waals surface area contributed by atoms with Crippen LogP contribution in [0.5, 0.6) is 0 Å². The maximum atomic E-state index is 12.6. The lowest BCUT2D eigenvalue weighted by Crippen LogP contribution is -2.29. The van der Waals surface area contributed by atoms with Gasteiger partial charge in [0.05, 0.1) is 19.8 Å². The van der Waals surface area contributed by atoms with E-state index in [1.807, 2.05) is 0 Å². The highest BCUT2D eigenvalue weighted by Gasteiger charge is 2.27. The summed E-state index contributed by atoms with van der Waals surface area (Å²) >= 11 is 0. The standard InChI is InChI=1S/C40H75O10P/c1-3-5-7-9-11-13-15-16-17-18-19-20-22-24-26-28-30-32-40(44)50-38(36-49-51(45,46)48-34-37(42)33-41)35-47-39(43)31-29-27-25-23-21-14-12-10-8-6-4-2/h10,12-13,15,37-38,41-42H,3-9,11,14,16-36H2,1-2H3,(H,45,46)/b12-10+,15-13+/t37-,38+/m0/s1. The molecule has 0 saturated heterocycles. The number of unbranched alkanes of at least 4 members (excludes halogenated alkanes) is 20. The molecule has 0 aromatic heterocycles. The largest absolute Gasteiger partial charge is 0.472 e. The van der Waals surface area contributed by atoms with Crippen LogP contribution in [0.15, 0.2) is 24.3 Å². The molecule has 0 aromatic rings. The third-order valence-corrected chi connectivity index (χ3v) is 9.53. The molecule has 11 heteroatoms. The second kappa shape index (κ2) is 36.8. The Labute approximate surface area is 310 Å². The summed E-state index contributed by atoms with van der Waals surface area (Å²) in [5, 5.41) is 18.3. The molecule has 0 fully saturated rings. The van der Waals surface area contributed by atoms with Crippen LogP contribution in [-0.2, 0) is 32.7 Å². The second-order valence-electron chi connectivity index (χ2n) is 13.7. The van der Waals surface area contributed by atoms with Gasteiger partial charge in [-0.15, -0.1) is 0 Å². The molecular formula is C40H75O10P. The number of allylic oxidation sites excluding steroid dienone is 4. The predicted octanol–water partition coefficient (Wildman–Crippen LogP) is 10.2. The third kappa shape index (κ3) is 36.6. The van der Waals surface area contributed by atoms with Crippen LogP contribution in [0.25, 0.3) is 0 Å². The number of aliphatic hydroxyl groups is 2. The van der Waals surface area contributed by atoms with Crippen molar-refractivity contribution in [3.8, 4) is 0 Å². The molecule has 0 aliphatic heterocycles. The van der Waals surface area contributed by atoms with E-state index in [0.29, 0.717) is 12.8 Å². The van der Waals surface area contributed by atoms with E-state index in [1.54, 1.807) is 0 Å². The number of carbonyl (C=O) groups excluding carboxylic acids is 2. The van der Waals surface area contributed by atoms with Crippen LogP contribution in [-0.4, -0.2) is 65.7 Å². The van der Waals surface area contributed by atoms with Crippen molar-refractivity contribution in [3.05, 3.63) is 24.3 Å². The Balaban J connectivity index is 4.31. The Morgan fingerprint density at radius 1 is 0.569 bits per heavy atom. The molecular weight excluding hydrogens is 671 g/mol. The Morgan fingerprint density at radius 3 is 1.47 bits per heavy atom. The van der Waals surface area contributed by atoms with E-state index in [-0.39, 0.29) is 19.4 Å². The molecule has 3 N–H and O–H groups in total. The molecule has 0 aromatic carbocycles. The van der Waals surface area contributed by atoms with Gasteiger partial charge < -0.3 is 24.6 Å². The third-order valence-electron chi connectivity index (χ3n) is 8.58. The molecule has 51 heavy (non-hydrogen) atoms. The van der Waals surface area contributed by atoms with Crippen molar-refractivity contribution in [1.29, 1.82) is 0 Å². The highest BCUT2D eigenvalue weighted by molar-refractivity contribution is 7.47. The highest BCUT2D eigenvalue weighted by atomic mass is 31.2. The van der Waals surface area contributed by atoms with Gasteiger partial charge >= 0.3 is 19.8 Å². The van der Waals surface area contributed by atoms with Crippen LogP contribution in [0.4, 0.5) is 0 Å². The quantitative estimate of drug-likeness (QED) is 0.0241. The minimum Gasteiger partial charge on any atom is -0.462 e. The monoisotopic (exact) mass is 747 g/mol. The lowest BCUT2D eigenvalue weighted by atomic mass is 10.1. The summed E-state index contributed by atoms with van der Waals surface area (Å²) in [6.45, 7) is 2.31. The number of esters is 2. The van der Waals surface area contributed by atoms with Crippen molar-refractivity contribution in [3.63, 3.8) is 0 Å². The number of phosphoric acid groups is 1. The van der Waals surface area contributed by atoms with Gasteiger partial charge in [-0.25, -0.2) is 4.57 Å². The van der Waals surface area contributed by atoms with Crippen molar-refractivity contribution >= 4 is 19.8 Å². The van der Waals surface area contributed by atoms with Crippen molar-refractivity contribution < 1.29 is 47.8 Å². The van der Waals surface area contributed by atoms with E-state index in [2.05, 4.69) is 42.7 Å². The molecule has 1 unspecified atom stereocenters. The summed E-state index contributed by atoms with van der Waals surface area (Å²) in [6.07, 6.45) is 34.3. The number of ether oxygens (including phenoxy) is 2. The number of hydrogen-bond donors (Lipinski definition) is 3. The summed E-state index contributed by atoms with van der Waals surface area (Å²) in [4.78, 5) is 34.8. The lowest BCUT2D eigenvalue weighted by molar-refractivity contribution is -0.161. The van der Waals surface area contributed by atoms with Gasteiger partial charge in [0, 0.05) is 12.8 Å². The van der Waals surface area contributed by atoms with Gasteiger partial charge in [-0.2, -0.15) is 0 Å². The van der Waals surface area contributed by atoms with Crippen LogP contribution in [0, 0.1) is 0 Å². The van der Waals surface area contributed by atoms with Crippen LogP contribution in [0.3, 0.4) is 0 Å². The van der Waals surface area contributed by atoms with E-state index in [4.69, 9.17) is 19.1 Å². The first-order valence-corrected chi connectivity index (χ1v) is 21.8. The number of rotatable bonds is 38. The van der Waals surface area contributed by atoms with Crippen LogP contribution < -0.4 is 0 Å². The van der Waals surface area contributed by atoms with E-state index >= 15 is 0 Å². The van der Waals surface area contributed by atoms with Crippen molar-refractivity contribution in [2.45, 2.75) is 193 Å². The van der Waals surface area contributed by atoms with Crippen molar-refractivity contribution in [2.24, 2.45) is 0 Å². The van der Waals surface area contributed by atoms with Crippen molar-refractivity contribution in [2.75, 3.05) is 26.4 Å². The van der Waals surface area contributed by atoms with Gasteiger partial charge in [0.15, 0.2) is 6.10 Å². The summed E-state index contributed by atoms with van der Waals surface area (Å²) in [5.74, 6) is -0.936. The fourth-order valence-electron chi connectivity index (χ4n) is 5.38. The van der Waals surface area contributed by atoms with Crippen molar-refractivity contribution in [1.82, 2.24) is 0 Å². The lowest BCUT2D eigenvalue weighted by Gasteiger charge is -2.20. The van der Waals surface area contributed by atoms with Gasteiger partial charge in [0.1, 0.15) is 12.7 Å². The van der Waals surface area contributed by atoms with Gasteiger partial charge in [-0.05, 0) is 57.8 Å². The van der Waals surface area contributed by atoms with Gasteiger partial charge in [-0.3, -0.25) is 18.6 Å². The van der Waals surface area contributed by atoms with Crippen LogP contribution in [0.1, 0.15) is 181 Å². The van der Waals surface area contributed by atoms with E-state index < -0.39 is 51.8 Å². The Morgan fingerprint density at radius 2 is 0.980 bits per heavy atom. The first-order valence-electron chi connectivity index (χ1n) is 20.3. The molecule has 10 nitrogen and oxygen atoms in total. The first kappa shape index (κ1) is 49.5. The zero-order valence-electron chi connectivity index (χ0n) is 32.3. The topological polar surface area (TPSA) is 149 Å². The molecule has 3 atom stereocenters. The van der Waals surface area contributed by atoms with E-state index in [9.17, 15) is 24.2 Å². The Hall–Kier alpha value is -1.55. The molecule has 300 valence electrons. The number of carbonyl (C=O) groups is 2. The number of aliphatic hydroxyl groups excluding tert-OH is 2. The molecule has 0 radical (unpaired) electrons. The molecule has 0 aliphatic rings. The molecule has 0 aliphatic carbocycles. The number of phosphoric ester groups is 1. The predicted molar refractivity (Wildman–Crippen MR) is 205 cm³/mol. The summed E-state index contributed by atoms with van der Waals surface area (Å²) < 4.78 is 32.6. The maximum absolute atomic E-state index is 12.6. The zero-order chi connectivity index (χ0) is 37.7. The van der Waals surface area contributed by atoms with Crippen LogP contribution in [0.2, 0.25) is 0 Å². The fraction of sp³-hybridized carbons (Fsp3) is 0.850.